The van der Waals surface area contributed by atoms with Crippen LogP contribution in [0.3, 0.4) is 0 Å². The molecule has 0 saturated heterocycles. The van der Waals surface area contributed by atoms with E-state index in [1.54, 1.807) is 37.3 Å². The first-order chi connectivity index (χ1) is 8.27. The third-order valence-electron chi connectivity index (χ3n) is 2.28. The van der Waals surface area contributed by atoms with Crippen LogP contribution in [0.1, 0.15) is 0 Å². The third-order valence-corrected chi connectivity index (χ3v) is 3.29. The van der Waals surface area contributed by atoms with Gasteiger partial charge in [-0.3, -0.25) is 4.98 Å². The molecule has 0 atom stereocenters. The van der Waals surface area contributed by atoms with E-state index in [0.717, 1.165) is 16.3 Å². The van der Waals surface area contributed by atoms with E-state index >= 15 is 0 Å². The molecule has 2 heterocycles. The summed E-state index contributed by atoms with van der Waals surface area (Å²) in [7, 11) is 1.58. The molecule has 0 N–H and O–H groups in total. The Kier molecular flexibility index (Phi) is 3.86. The summed E-state index contributed by atoms with van der Waals surface area (Å²) in [6.07, 6.45) is 5.40. The first-order valence-corrected chi connectivity index (χ1v) is 6.56. The molecule has 88 valence electrons. The van der Waals surface area contributed by atoms with Gasteiger partial charge in [0.2, 0.25) is 0 Å². The molecule has 0 aliphatic heterocycles. The summed E-state index contributed by atoms with van der Waals surface area (Å²) in [5.74, 6) is 0.581. The van der Waals surface area contributed by atoms with Gasteiger partial charge in [0.25, 0.3) is 0 Å². The Morgan fingerprint density at radius 3 is 2.76 bits per heavy atom. The lowest BCUT2D eigenvalue weighted by Gasteiger charge is -2.10. The standard InChI is InChI=1S/C12H11ClN2OS/c1-16-11-9(13)5-7-14-10(11)8-4-3-6-15-12(8)17-2/h3-7H,1-2H3. The number of thioether (sulfide) groups is 1. The monoisotopic (exact) mass is 266 g/mol. The molecule has 0 amide bonds. The maximum atomic E-state index is 6.08. The van der Waals surface area contributed by atoms with Crippen LogP contribution in [-0.4, -0.2) is 23.3 Å². The fraction of sp³-hybridized carbons (Fsp3) is 0.167. The number of nitrogens with zero attached hydrogens (tertiary/aromatic N) is 2. The van der Waals surface area contributed by atoms with E-state index in [1.807, 2.05) is 18.4 Å². The van der Waals surface area contributed by atoms with Crippen molar-refractivity contribution >= 4 is 23.4 Å². The van der Waals surface area contributed by atoms with Gasteiger partial charge in [-0.25, -0.2) is 4.98 Å². The number of ether oxygens (including phenoxy) is 1. The van der Waals surface area contributed by atoms with E-state index < -0.39 is 0 Å². The van der Waals surface area contributed by atoms with Crippen LogP contribution in [0.5, 0.6) is 5.75 Å². The van der Waals surface area contributed by atoms with Gasteiger partial charge in [-0.05, 0) is 24.5 Å². The summed E-state index contributed by atoms with van der Waals surface area (Å²) in [6.45, 7) is 0. The lowest BCUT2D eigenvalue weighted by molar-refractivity contribution is 0.415. The van der Waals surface area contributed by atoms with Crippen LogP contribution >= 0.6 is 23.4 Å². The lowest BCUT2D eigenvalue weighted by atomic mass is 10.2. The van der Waals surface area contributed by atoms with E-state index in [9.17, 15) is 0 Å². The number of hydrogen-bond donors (Lipinski definition) is 0. The van der Waals surface area contributed by atoms with E-state index in [1.165, 1.54) is 0 Å². The van der Waals surface area contributed by atoms with Gasteiger partial charge in [0, 0.05) is 18.0 Å². The molecule has 0 bridgehead atoms. The smallest absolute Gasteiger partial charge is 0.163 e. The summed E-state index contributed by atoms with van der Waals surface area (Å²) in [6, 6.07) is 5.54. The highest BCUT2D eigenvalue weighted by atomic mass is 35.5. The number of aromatic nitrogens is 2. The lowest BCUT2D eigenvalue weighted by Crippen LogP contribution is -1.94. The predicted molar refractivity (Wildman–Crippen MR) is 70.8 cm³/mol. The number of hydrogen-bond acceptors (Lipinski definition) is 4. The topological polar surface area (TPSA) is 35.0 Å². The minimum Gasteiger partial charge on any atom is -0.493 e. The highest BCUT2D eigenvalue weighted by Gasteiger charge is 2.14. The SMILES string of the molecule is COc1c(Cl)ccnc1-c1cccnc1SC. The normalized spacial score (nSPS) is 10.3. The molecule has 0 fully saturated rings. The molecule has 2 rings (SSSR count). The predicted octanol–water partition coefficient (Wildman–Crippen LogP) is 3.53. The highest BCUT2D eigenvalue weighted by molar-refractivity contribution is 7.98. The van der Waals surface area contributed by atoms with Crippen molar-refractivity contribution in [2.45, 2.75) is 5.03 Å². The minimum absolute atomic E-state index is 0.549. The molecular weight excluding hydrogens is 256 g/mol. The van der Waals surface area contributed by atoms with Gasteiger partial charge in [-0.15, -0.1) is 11.8 Å². The van der Waals surface area contributed by atoms with Gasteiger partial charge in [-0.2, -0.15) is 0 Å². The molecule has 3 nitrogen and oxygen atoms in total. The Labute approximate surface area is 109 Å². The van der Waals surface area contributed by atoms with Gasteiger partial charge in [0.15, 0.2) is 5.75 Å². The quantitative estimate of drug-likeness (QED) is 0.796. The fourth-order valence-corrected chi connectivity index (χ4v) is 2.32. The Bertz CT molecular complexity index is 534. The molecule has 0 aromatic carbocycles. The average Bonchev–Trinajstić information content (AvgIpc) is 2.38. The van der Waals surface area contributed by atoms with Crippen molar-refractivity contribution in [2.24, 2.45) is 0 Å². The molecule has 0 saturated carbocycles. The molecule has 0 radical (unpaired) electrons. The average molecular weight is 267 g/mol. The third kappa shape index (κ3) is 2.37. The summed E-state index contributed by atoms with van der Waals surface area (Å²) in [5.41, 5.74) is 1.65. The fourth-order valence-electron chi connectivity index (χ4n) is 1.54. The molecule has 5 heteroatoms. The Balaban J connectivity index is 2.64. The summed E-state index contributed by atoms with van der Waals surface area (Å²) < 4.78 is 5.30. The number of methoxy groups -OCH3 is 1. The van der Waals surface area contributed by atoms with Gasteiger partial charge < -0.3 is 4.74 Å². The molecule has 0 aliphatic carbocycles. The van der Waals surface area contributed by atoms with Crippen molar-refractivity contribution in [1.29, 1.82) is 0 Å². The van der Waals surface area contributed by atoms with Gasteiger partial charge >= 0.3 is 0 Å². The Morgan fingerprint density at radius 2 is 2.06 bits per heavy atom. The minimum atomic E-state index is 0.549. The zero-order valence-corrected chi connectivity index (χ0v) is 11.0. The van der Waals surface area contributed by atoms with Crippen LogP contribution in [0, 0.1) is 0 Å². The molecule has 2 aromatic rings. The van der Waals surface area contributed by atoms with Crippen LogP contribution in [-0.2, 0) is 0 Å². The maximum absolute atomic E-state index is 6.08. The number of rotatable bonds is 3. The summed E-state index contributed by atoms with van der Waals surface area (Å²) >= 11 is 7.65. The second-order valence-corrected chi connectivity index (χ2v) is 4.44. The Hall–Kier alpha value is -1.26. The van der Waals surface area contributed by atoms with Crippen LogP contribution in [0.25, 0.3) is 11.3 Å². The molecular formula is C12H11ClN2OS. The highest BCUT2D eigenvalue weighted by Crippen LogP contribution is 2.37. The van der Waals surface area contributed by atoms with E-state index in [4.69, 9.17) is 16.3 Å². The first kappa shape index (κ1) is 12.2. The zero-order valence-electron chi connectivity index (χ0n) is 9.48. The molecule has 2 aromatic heterocycles. The second kappa shape index (κ2) is 5.38. The Morgan fingerprint density at radius 1 is 1.24 bits per heavy atom. The molecule has 0 unspecified atom stereocenters. The van der Waals surface area contributed by atoms with Crippen molar-refractivity contribution in [3.8, 4) is 17.0 Å². The largest absolute Gasteiger partial charge is 0.493 e. The van der Waals surface area contributed by atoms with Crippen LogP contribution in [0.4, 0.5) is 0 Å². The zero-order chi connectivity index (χ0) is 12.3. The molecule has 17 heavy (non-hydrogen) atoms. The van der Waals surface area contributed by atoms with Crippen LogP contribution in [0.15, 0.2) is 35.6 Å². The van der Waals surface area contributed by atoms with Crippen molar-refractivity contribution in [2.75, 3.05) is 13.4 Å². The maximum Gasteiger partial charge on any atom is 0.163 e. The summed E-state index contributed by atoms with van der Waals surface area (Å²) in [4.78, 5) is 8.63. The first-order valence-electron chi connectivity index (χ1n) is 4.95. The van der Waals surface area contributed by atoms with Crippen LogP contribution < -0.4 is 4.74 Å². The molecule has 0 spiro atoms. The van der Waals surface area contributed by atoms with E-state index in [-0.39, 0.29) is 0 Å². The summed E-state index contributed by atoms with van der Waals surface area (Å²) in [5, 5.41) is 1.45. The second-order valence-electron chi connectivity index (χ2n) is 3.23. The van der Waals surface area contributed by atoms with Crippen molar-refractivity contribution in [1.82, 2.24) is 9.97 Å². The van der Waals surface area contributed by atoms with Gasteiger partial charge in [-0.1, -0.05) is 11.6 Å². The van der Waals surface area contributed by atoms with Gasteiger partial charge in [0.05, 0.1) is 12.1 Å². The van der Waals surface area contributed by atoms with E-state index in [2.05, 4.69) is 9.97 Å². The van der Waals surface area contributed by atoms with Crippen molar-refractivity contribution < 1.29 is 4.74 Å². The molecule has 0 aliphatic rings. The number of halogens is 1. The van der Waals surface area contributed by atoms with Crippen molar-refractivity contribution in [3.63, 3.8) is 0 Å². The van der Waals surface area contributed by atoms with E-state index in [0.29, 0.717) is 10.8 Å². The van der Waals surface area contributed by atoms with Crippen LogP contribution in [0.2, 0.25) is 5.02 Å². The van der Waals surface area contributed by atoms with Gasteiger partial charge in [0.1, 0.15) is 10.7 Å². The van der Waals surface area contributed by atoms with Crippen molar-refractivity contribution in [3.05, 3.63) is 35.6 Å². The number of pyridine rings is 2.